The lowest BCUT2D eigenvalue weighted by Crippen LogP contribution is -2.42. The molecule has 0 amide bonds. The van der Waals surface area contributed by atoms with Crippen LogP contribution in [0.5, 0.6) is 0 Å². The predicted molar refractivity (Wildman–Crippen MR) is 42.9 cm³/mol. The molecule has 1 aliphatic heterocycles. The highest BCUT2D eigenvalue weighted by atomic mass is 35.5. The molecule has 1 saturated heterocycles. The van der Waals surface area contributed by atoms with Crippen molar-refractivity contribution in [1.82, 2.24) is 5.32 Å². The third-order valence-corrected chi connectivity index (χ3v) is 2.55. The van der Waals surface area contributed by atoms with E-state index in [0.29, 0.717) is 5.92 Å². The van der Waals surface area contributed by atoms with Crippen LogP contribution in [-0.2, 0) is 4.79 Å². The molecule has 0 aromatic rings. The van der Waals surface area contributed by atoms with E-state index in [9.17, 15) is 4.79 Å². The van der Waals surface area contributed by atoms with Crippen molar-refractivity contribution in [3.63, 3.8) is 0 Å². The number of carbonyl (C=O) groups is 1. The highest BCUT2D eigenvalue weighted by Crippen LogP contribution is 2.45. The van der Waals surface area contributed by atoms with Crippen molar-refractivity contribution in [2.24, 2.45) is 11.8 Å². The Morgan fingerprint density at radius 3 is 2.82 bits per heavy atom. The Morgan fingerprint density at radius 2 is 2.27 bits per heavy atom. The molecule has 0 bridgehead atoms. The molecule has 11 heavy (non-hydrogen) atoms. The highest BCUT2D eigenvalue weighted by Gasteiger charge is 2.48. The Hall–Kier alpha value is -0.280. The van der Waals surface area contributed by atoms with Gasteiger partial charge in [-0.3, -0.25) is 4.79 Å². The Kier molecular flexibility index (Phi) is 2.40. The van der Waals surface area contributed by atoms with Crippen molar-refractivity contribution in [1.29, 1.82) is 0 Å². The zero-order valence-corrected chi connectivity index (χ0v) is 6.93. The van der Waals surface area contributed by atoms with E-state index in [-0.39, 0.29) is 18.4 Å². The Balaban J connectivity index is 0.000000605. The van der Waals surface area contributed by atoms with Gasteiger partial charge in [-0.1, -0.05) is 0 Å². The van der Waals surface area contributed by atoms with Gasteiger partial charge >= 0.3 is 5.97 Å². The number of nitrogens with one attached hydrogen (secondary N) is 1. The molecule has 4 heteroatoms. The molecule has 0 spiro atoms. The zero-order chi connectivity index (χ0) is 7.14. The normalized spacial score (nSPS) is 40.2. The third kappa shape index (κ3) is 1.49. The summed E-state index contributed by atoms with van der Waals surface area (Å²) in [7, 11) is 0. The van der Waals surface area contributed by atoms with Gasteiger partial charge in [0.2, 0.25) is 0 Å². The Morgan fingerprint density at radius 1 is 1.55 bits per heavy atom. The lowest BCUT2D eigenvalue weighted by Gasteiger charge is -2.18. The van der Waals surface area contributed by atoms with E-state index in [2.05, 4.69) is 5.32 Å². The highest BCUT2D eigenvalue weighted by molar-refractivity contribution is 5.85. The van der Waals surface area contributed by atoms with E-state index in [1.165, 1.54) is 6.42 Å². The molecular weight excluding hydrogens is 166 g/mol. The summed E-state index contributed by atoms with van der Waals surface area (Å²) in [6, 6.07) is -0.237. The standard InChI is InChI=1S/C7H11NO2.ClH/c9-7(10)6-5-3-4(5)1-2-8-6;/h4-6,8H,1-3H2,(H,9,10);1H/t4-,5+,6-;/m0./s1. The minimum Gasteiger partial charge on any atom is -0.480 e. The minimum atomic E-state index is -0.674. The molecule has 2 rings (SSSR count). The summed E-state index contributed by atoms with van der Waals surface area (Å²) in [5.74, 6) is 0.501. The topological polar surface area (TPSA) is 49.3 Å². The summed E-state index contributed by atoms with van der Waals surface area (Å²) in [5, 5.41) is 11.7. The van der Waals surface area contributed by atoms with Gasteiger partial charge in [-0.2, -0.15) is 0 Å². The first-order valence-electron chi connectivity index (χ1n) is 3.75. The summed E-state index contributed by atoms with van der Waals surface area (Å²) in [5.41, 5.74) is 0. The van der Waals surface area contributed by atoms with Crippen LogP contribution in [0.25, 0.3) is 0 Å². The molecular formula is C7H12ClNO2. The van der Waals surface area contributed by atoms with E-state index in [1.807, 2.05) is 0 Å². The van der Waals surface area contributed by atoms with Gasteiger partial charge in [-0.15, -0.1) is 12.4 Å². The molecule has 0 radical (unpaired) electrons. The van der Waals surface area contributed by atoms with Crippen molar-refractivity contribution in [3.05, 3.63) is 0 Å². The number of aliphatic carboxylic acids is 1. The van der Waals surface area contributed by atoms with E-state index < -0.39 is 5.97 Å². The largest absolute Gasteiger partial charge is 0.480 e. The lowest BCUT2D eigenvalue weighted by atomic mass is 10.1. The van der Waals surface area contributed by atoms with Crippen molar-refractivity contribution in [2.75, 3.05) is 6.54 Å². The van der Waals surface area contributed by atoms with Gasteiger partial charge in [0, 0.05) is 0 Å². The molecule has 2 aliphatic rings. The van der Waals surface area contributed by atoms with Gasteiger partial charge in [-0.05, 0) is 31.2 Å². The molecule has 0 aromatic carbocycles. The van der Waals surface area contributed by atoms with Crippen molar-refractivity contribution in [2.45, 2.75) is 18.9 Å². The smallest absolute Gasteiger partial charge is 0.320 e. The fourth-order valence-electron chi connectivity index (χ4n) is 1.86. The summed E-state index contributed by atoms with van der Waals surface area (Å²) in [4.78, 5) is 10.5. The van der Waals surface area contributed by atoms with Crippen LogP contribution in [-0.4, -0.2) is 23.7 Å². The molecule has 1 aliphatic carbocycles. The third-order valence-electron chi connectivity index (χ3n) is 2.55. The molecule has 2 N–H and O–H groups in total. The van der Waals surface area contributed by atoms with Crippen LogP contribution in [0, 0.1) is 11.8 Å². The number of fused-ring (bicyclic) bond motifs is 1. The monoisotopic (exact) mass is 177 g/mol. The number of hydrogen-bond donors (Lipinski definition) is 2. The summed E-state index contributed by atoms with van der Waals surface area (Å²) in [6.45, 7) is 0.887. The van der Waals surface area contributed by atoms with Gasteiger partial charge in [-0.25, -0.2) is 0 Å². The first kappa shape index (κ1) is 8.81. The molecule has 2 fully saturated rings. The van der Waals surface area contributed by atoms with Crippen LogP contribution in [0.4, 0.5) is 0 Å². The van der Waals surface area contributed by atoms with Crippen LogP contribution in [0.3, 0.4) is 0 Å². The number of carboxylic acids is 1. The molecule has 0 aromatic heterocycles. The van der Waals surface area contributed by atoms with Gasteiger partial charge < -0.3 is 10.4 Å². The first-order chi connectivity index (χ1) is 4.79. The van der Waals surface area contributed by atoms with Crippen LogP contribution in [0.1, 0.15) is 12.8 Å². The lowest BCUT2D eigenvalue weighted by molar-refractivity contribution is -0.140. The number of carboxylic acid groups (broad SMARTS) is 1. The second-order valence-corrected chi connectivity index (χ2v) is 3.22. The summed E-state index contributed by atoms with van der Waals surface area (Å²) >= 11 is 0. The van der Waals surface area contributed by atoms with Crippen molar-refractivity contribution < 1.29 is 9.90 Å². The quantitative estimate of drug-likeness (QED) is 0.613. The number of rotatable bonds is 1. The number of piperidine rings is 1. The number of halogens is 1. The maximum absolute atomic E-state index is 10.5. The predicted octanol–water partition coefficient (Wildman–Crippen LogP) is 0.491. The average molecular weight is 178 g/mol. The summed E-state index contributed by atoms with van der Waals surface area (Å²) < 4.78 is 0. The SMILES string of the molecule is Cl.O=C(O)[C@H]1NCC[C@H]2C[C@H]21. The molecule has 1 saturated carbocycles. The van der Waals surface area contributed by atoms with Crippen LogP contribution in [0.2, 0.25) is 0 Å². The second-order valence-electron chi connectivity index (χ2n) is 3.22. The molecule has 1 heterocycles. The molecule has 3 nitrogen and oxygen atoms in total. The minimum absolute atomic E-state index is 0. The fraction of sp³-hybridized carbons (Fsp3) is 0.857. The van der Waals surface area contributed by atoms with E-state index >= 15 is 0 Å². The van der Waals surface area contributed by atoms with E-state index in [1.54, 1.807) is 0 Å². The van der Waals surface area contributed by atoms with E-state index in [0.717, 1.165) is 18.9 Å². The zero-order valence-electron chi connectivity index (χ0n) is 6.12. The van der Waals surface area contributed by atoms with Crippen molar-refractivity contribution in [3.8, 4) is 0 Å². The van der Waals surface area contributed by atoms with Gasteiger partial charge in [0.05, 0.1) is 0 Å². The number of hydrogen-bond acceptors (Lipinski definition) is 2. The summed E-state index contributed by atoms with van der Waals surface area (Å²) in [6.07, 6.45) is 2.30. The maximum Gasteiger partial charge on any atom is 0.320 e. The van der Waals surface area contributed by atoms with Gasteiger partial charge in [0.25, 0.3) is 0 Å². The first-order valence-corrected chi connectivity index (χ1v) is 3.75. The second kappa shape index (κ2) is 2.99. The van der Waals surface area contributed by atoms with E-state index in [4.69, 9.17) is 5.11 Å². The van der Waals surface area contributed by atoms with Crippen LogP contribution in [0.15, 0.2) is 0 Å². The Bertz CT molecular complexity index is 174. The average Bonchev–Trinajstić information content (AvgIpc) is 2.63. The fourth-order valence-corrected chi connectivity index (χ4v) is 1.86. The molecule has 64 valence electrons. The molecule has 3 atom stereocenters. The van der Waals surface area contributed by atoms with Gasteiger partial charge in [0.15, 0.2) is 0 Å². The Labute approximate surface area is 71.6 Å². The van der Waals surface area contributed by atoms with Crippen molar-refractivity contribution >= 4 is 18.4 Å². The van der Waals surface area contributed by atoms with Crippen LogP contribution >= 0.6 is 12.4 Å². The van der Waals surface area contributed by atoms with Gasteiger partial charge in [0.1, 0.15) is 6.04 Å². The molecule has 0 unspecified atom stereocenters. The maximum atomic E-state index is 10.5. The van der Waals surface area contributed by atoms with Crippen LogP contribution < -0.4 is 5.32 Å².